The predicted molar refractivity (Wildman–Crippen MR) is 113 cm³/mol. The molecule has 0 saturated heterocycles. The molecular weight excluding hydrogens is 423 g/mol. The Morgan fingerprint density at radius 1 is 1.14 bits per heavy atom. The van der Waals surface area contributed by atoms with Crippen molar-refractivity contribution in [1.82, 2.24) is 5.32 Å². The maximum absolute atomic E-state index is 12.2. The van der Waals surface area contributed by atoms with E-state index in [4.69, 9.17) is 27.9 Å². The average Bonchev–Trinajstić information content (AvgIpc) is 2.65. The normalized spacial score (nSPS) is 11.1. The minimum Gasteiger partial charge on any atom is -0.492 e. The molecule has 1 amide bonds. The van der Waals surface area contributed by atoms with Crippen LogP contribution in [0.2, 0.25) is 10.0 Å². The highest BCUT2D eigenvalue weighted by Gasteiger charge is 2.23. The van der Waals surface area contributed by atoms with Crippen molar-refractivity contribution in [1.29, 1.82) is 0 Å². The molecule has 6 nitrogen and oxygen atoms in total. The van der Waals surface area contributed by atoms with Gasteiger partial charge in [-0.3, -0.25) is 9.10 Å². The molecule has 0 radical (unpaired) electrons. The number of carbonyl (C=O) groups excluding carboxylic acids is 1. The van der Waals surface area contributed by atoms with Crippen LogP contribution < -0.4 is 14.4 Å². The number of carbonyl (C=O) groups is 1. The summed E-state index contributed by atoms with van der Waals surface area (Å²) in [6.07, 6.45) is 1.95. The number of aryl methyl sites for hydroxylation is 1. The second-order valence-electron chi connectivity index (χ2n) is 6.06. The smallest absolute Gasteiger partial charge is 0.240 e. The van der Waals surface area contributed by atoms with E-state index in [2.05, 4.69) is 12.2 Å². The van der Waals surface area contributed by atoms with Crippen LogP contribution in [0, 0.1) is 0 Å². The molecule has 0 heterocycles. The van der Waals surface area contributed by atoms with Crippen LogP contribution in [-0.2, 0) is 21.2 Å². The molecule has 0 atom stereocenters. The van der Waals surface area contributed by atoms with E-state index in [0.717, 1.165) is 17.0 Å². The SMILES string of the molecule is CCc1ccc(OCCNC(=O)CN(c2cc(Cl)ccc2Cl)S(C)(=O)=O)cc1. The van der Waals surface area contributed by atoms with Gasteiger partial charge in [0.15, 0.2) is 0 Å². The van der Waals surface area contributed by atoms with Crippen LogP contribution in [0.25, 0.3) is 0 Å². The summed E-state index contributed by atoms with van der Waals surface area (Å²) in [4.78, 5) is 12.2. The van der Waals surface area contributed by atoms with Crippen molar-refractivity contribution in [2.75, 3.05) is 30.3 Å². The molecule has 9 heteroatoms. The molecule has 0 saturated carbocycles. The van der Waals surface area contributed by atoms with Gasteiger partial charge in [-0.25, -0.2) is 8.42 Å². The average molecular weight is 445 g/mol. The highest BCUT2D eigenvalue weighted by atomic mass is 35.5. The lowest BCUT2D eigenvalue weighted by molar-refractivity contribution is -0.119. The Labute approximate surface area is 175 Å². The van der Waals surface area contributed by atoms with Gasteiger partial charge in [-0.1, -0.05) is 42.3 Å². The summed E-state index contributed by atoms with van der Waals surface area (Å²) in [5, 5.41) is 3.13. The molecule has 0 unspecified atom stereocenters. The van der Waals surface area contributed by atoms with E-state index in [0.29, 0.717) is 10.8 Å². The first kappa shape index (κ1) is 22.3. The number of rotatable bonds is 9. The van der Waals surface area contributed by atoms with E-state index in [-0.39, 0.29) is 23.9 Å². The number of hydrogen-bond acceptors (Lipinski definition) is 4. The summed E-state index contributed by atoms with van der Waals surface area (Å²) in [6, 6.07) is 12.1. The fraction of sp³-hybridized carbons (Fsp3) is 0.316. The Balaban J connectivity index is 1.92. The van der Waals surface area contributed by atoms with Gasteiger partial charge in [0.2, 0.25) is 15.9 Å². The lowest BCUT2D eigenvalue weighted by Gasteiger charge is -2.23. The number of ether oxygens (including phenoxy) is 1. The minimum atomic E-state index is -3.73. The van der Waals surface area contributed by atoms with Gasteiger partial charge in [0, 0.05) is 5.02 Å². The van der Waals surface area contributed by atoms with Crippen molar-refractivity contribution in [3.8, 4) is 5.75 Å². The van der Waals surface area contributed by atoms with Crippen LogP contribution in [0.4, 0.5) is 5.69 Å². The molecule has 1 N–H and O–H groups in total. The summed E-state index contributed by atoms with van der Waals surface area (Å²) in [7, 11) is -3.73. The maximum Gasteiger partial charge on any atom is 0.240 e. The lowest BCUT2D eigenvalue weighted by atomic mass is 10.2. The van der Waals surface area contributed by atoms with Crippen LogP contribution in [-0.4, -0.2) is 40.3 Å². The number of anilines is 1. The third-order valence-electron chi connectivity index (χ3n) is 3.89. The van der Waals surface area contributed by atoms with Crippen molar-refractivity contribution in [3.05, 3.63) is 58.1 Å². The molecule has 0 aliphatic heterocycles. The molecule has 0 fully saturated rings. The summed E-state index contributed by atoms with van der Waals surface area (Å²) < 4.78 is 30.7. The first-order chi connectivity index (χ1) is 13.2. The van der Waals surface area contributed by atoms with Gasteiger partial charge in [0.25, 0.3) is 0 Å². The van der Waals surface area contributed by atoms with Crippen LogP contribution in [0.1, 0.15) is 12.5 Å². The van der Waals surface area contributed by atoms with Crippen molar-refractivity contribution < 1.29 is 17.9 Å². The van der Waals surface area contributed by atoms with Crippen LogP contribution in [0.3, 0.4) is 0 Å². The van der Waals surface area contributed by atoms with E-state index < -0.39 is 22.5 Å². The third kappa shape index (κ3) is 6.58. The van der Waals surface area contributed by atoms with Crippen molar-refractivity contribution in [3.63, 3.8) is 0 Å². The van der Waals surface area contributed by atoms with E-state index in [1.807, 2.05) is 24.3 Å². The Morgan fingerprint density at radius 2 is 1.82 bits per heavy atom. The zero-order chi connectivity index (χ0) is 20.7. The van der Waals surface area contributed by atoms with E-state index in [9.17, 15) is 13.2 Å². The fourth-order valence-corrected chi connectivity index (χ4v) is 3.72. The first-order valence-corrected chi connectivity index (χ1v) is 11.2. The summed E-state index contributed by atoms with van der Waals surface area (Å²) in [6.45, 7) is 2.15. The predicted octanol–water partition coefficient (Wildman–Crippen LogP) is 3.52. The van der Waals surface area contributed by atoms with E-state index in [1.54, 1.807) is 0 Å². The van der Waals surface area contributed by atoms with Gasteiger partial charge >= 0.3 is 0 Å². The zero-order valence-corrected chi connectivity index (χ0v) is 17.9. The van der Waals surface area contributed by atoms with Gasteiger partial charge in [-0.05, 0) is 42.3 Å². The lowest BCUT2D eigenvalue weighted by Crippen LogP contribution is -2.41. The number of hydrogen-bond donors (Lipinski definition) is 1. The minimum absolute atomic E-state index is 0.152. The molecule has 0 bridgehead atoms. The Morgan fingerprint density at radius 3 is 2.43 bits per heavy atom. The van der Waals surface area contributed by atoms with Gasteiger partial charge in [-0.2, -0.15) is 0 Å². The van der Waals surface area contributed by atoms with Crippen LogP contribution in [0.15, 0.2) is 42.5 Å². The number of nitrogens with zero attached hydrogens (tertiary/aromatic N) is 1. The summed E-state index contributed by atoms with van der Waals surface area (Å²) in [5.74, 6) is 0.223. The van der Waals surface area contributed by atoms with E-state index in [1.165, 1.54) is 23.8 Å². The van der Waals surface area contributed by atoms with Gasteiger partial charge in [0.1, 0.15) is 18.9 Å². The Hall–Kier alpha value is -1.96. The third-order valence-corrected chi connectivity index (χ3v) is 5.57. The molecule has 152 valence electrons. The standard InChI is InChI=1S/C19H22Cl2N2O4S/c1-3-14-4-7-16(8-5-14)27-11-10-22-19(24)13-23(28(2,25)26)18-12-15(20)6-9-17(18)21/h4-9,12H,3,10-11,13H2,1-2H3,(H,22,24). The van der Waals surface area contributed by atoms with Gasteiger partial charge in [0.05, 0.1) is 23.5 Å². The first-order valence-electron chi connectivity index (χ1n) is 8.62. The number of amides is 1. The molecule has 2 aromatic carbocycles. The van der Waals surface area contributed by atoms with Gasteiger partial charge < -0.3 is 10.1 Å². The van der Waals surface area contributed by atoms with Crippen molar-refractivity contribution in [2.24, 2.45) is 0 Å². The van der Waals surface area contributed by atoms with Crippen molar-refractivity contribution in [2.45, 2.75) is 13.3 Å². The fourth-order valence-electron chi connectivity index (χ4n) is 2.43. The highest BCUT2D eigenvalue weighted by molar-refractivity contribution is 7.92. The molecule has 0 aliphatic carbocycles. The molecule has 0 spiro atoms. The second-order valence-corrected chi connectivity index (χ2v) is 8.81. The van der Waals surface area contributed by atoms with Crippen molar-refractivity contribution >= 4 is 44.8 Å². The Kier molecular flexibility index (Phi) is 7.98. The van der Waals surface area contributed by atoms with Crippen LogP contribution in [0.5, 0.6) is 5.75 Å². The van der Waals surface area contributed by atoms with Crippen LogP contribution >= 0.6 is 23.2 Å². The topological polar surface area (TPSA) is 75.7 Å². The zero-order valence-electron chi connectivity index (χ0n) is 15.6. The number of sulfonamides is 1. The number of halogens is 2. The molecule has 2 rings (SSSR count). The second kappa shape index (κ2) is 10.0. The largest absolute Gasteiger partial charge is 0.492 e. The monoisotopic (exact) mass is 444 g/mol. The quantitative estimate of drug-likeness (QED) is 0.600. The summed E-state index contributed by atoms with van der Waals surface area (Å²) in [5.41, 5.74) is 1.36. The maximum atomic E-state index is 12.2. The highest BCUT2D eigenvalue weighted by Crippen LogP contribution is 2.30. The van der Waals surface area contributed by atoms with Gasteiger partial charge in [-0.15, -0.1) is 0 Å². The Bertz CT molecular complexity index is 918. The number of nitrogens with one attached hydrogen (secondary N) is 1. The molecular formula is C19H22Cl2N2O4S. The van der Waals surface area contributed by atoms with E-state index >= 15 is 0 Å². The molecule has 2 aromatic rings. The molecule has 0 aromatic heterocycles. The number of benzene rings is 2. The molecule has 0 aliphatic rings. The molecule has 28 heavy (non-hydrogen) atoms. The summed E-state index contributed by atoms with van der Waals surface area (Å²) >= 11 is 12.0.